The van der Waals surface area contributed by atoms with Crippen molar-refractivity contribution in [2.24, 2.45) is 0 Å². The van der Waals surface area contributed by atoms with Crippen LogP contribution >= 0.6 is 0 Å². The Balaban J connectivity index is 1.63. The van der Waals surface area contributed by atoms with Gasteiger partial charge in [-0.15, -0.1) is 0 Å². The highest BCUT2D eigenvalue weighted by Gasteiger charge is 2.06. The second kappa shape index (κ2) is 6.13. The van der Waals surface area contributed by atoms with Crippen LogP contribution < -0.4 is 11.0 Å². The van der Waals surface area contributed by atoms with Crippen LogP contribution in [0, 0.1) is 0 Å². The fourth-order valence-electron chi connectivity index (χ4n) is 2.19. The van der Waals surface area contributed by atoms with Crippen LogP contribution in [0.3, 0.4) is 0 Å². The van der Waals surface area contributed by atoms with Gasteiger partial charge in [-0.25, -0.2) is 4.79 Å². The zero-order valence-corrected chi connectivity index (χ0v) is 11.8. The Hall–Kier alpha value is -3.08. The highest BCUT2D eigenvalue weighted by molar-refractivity contribution is 5.97. The standard InChI is InChI=1S/C17H15N3O2/c21-16(18-10-4-7-12-5-2-1-3-6-12)13-8-9-14-15(11-13)20-17(22)19-14/h1-9,11H,10H2,(H,18,21)(H2,19,20,22)/b7-4-. The molecule has 0 atom stereocenters. The van der Waals surface area contributed by atoms with Crippen LogP contribution in [0.25, 0.3) is 17.1 Å². The molecule has 0 bridgehead atoms. The summed E-state index contributed by atoms with van der Waals surface area (Å²) in [5, 5.41) is 2.81. The van der Waals surface area contributed by atoms with E-state index in [9.17, 15) is 9.59 Å². The molecule has 0 saturated carbocycles. The maximum Gasteiger partial charge on any atom is 0.323 e. The molecule has 5 nitrogen and oxygen atoms in total. The lowest BCUT2D eigenvalue weighted by Crippen LogP contribution is -2.23. The van der Waals surface area contributed by atoms with Gasteiger partial charge in [-0.1, -0.05) is 42.5 Å². The van der Waals surface area contributed by atoms with Gasteiger partial charge in [0.05, 0.1) is 11.0 Å². The zero-order valence-electron chi connectivity index (χ0n) is 11.8. The van der Waals surface area contributed by atoms with E-state index in [-0.39, 0.29) is 11.6 Å². The van der Waals surface area contributed by atoms with Crippen molar-refractivity contribution in [1.29, 1.82) is 0 Å². The Morgan fingerprint density at radius 3 is 2.64 bits per heavy atom. The number of fused-ring (bicyclic) bond motifs is 1. The minimum absolute atomic E-state index is 0.179. The van der Waals surface area contributed by atoms with Crippen LogP contribution in [0.4, 0.5) is 0 Å². The van der Waals surface area contributed by atoms with Crippen molar-refractivity contribution in [2.75, 3.05) is 6.54 Å². The number of amides is 1. The lowest BCUT2D eigenvalue weighted by Gasteiger charge is -2.02. The molecule has 0 unspecified atom stereocenters. The van der Waals surface area contributed by atoms with E-state index in [1.54, 1.807) is 18.2 Å². The molecule has 3 aromatic rings. The topological polar surface area (TPSA) is 77.8 Å². The summed E-state index contributed by atoms with van der Waals surface area (Å²) in [5.74, 6) is -0.179. The van der Waals surface area contributed by atoms with E-state index in [1.165, 1.54) is 0 Å². The van der Waals surface area contributed by atoms with Crippen LogP contribution in [-0.2, 0) is 0 Å². The summed E-state index contributed by atoms with van der Waals surface area (Å²) in [4.78, 5) is 28.5. The van der Waals surface area contributed by atoms with Crippen LogP contribution in [0.2, 0.25) is 0 Å². The van der Waals surface area contributed by atoms with Crippen molar-refractivity contribution >= 4 is 23.0 Å². The van der Waals surface area contributed by atoms with E-state index >= 15 is 0 Å². The summed E-state index contributed by atoms with van der Waals surface area (Å²) in [6.45, 7) is 0.440. The van der Waals surface area contributed by atoms with Gasteiger partial charge in [0.15, 0.2) is 0 Å². The fraction of sp³-hybridized carbons (Fsp3) is 0.0588. The van der Waals surface area contributed by atoms with Crippen LogP contribution in [0.1, 0.15) is 15.9 Å². The van der Waals surface area contributed by atoms with Gasteiger partial charge >= 0.3 is 5.69 Å². The van der Waals surface area contributed by atoms with Crippen LogP contribution in [0.5, 0.6) is 0 Å². The van der Waals surface area contributed by atoms with Gasteiger partial charge in [-0.3, -0.25) is 4.79 Å². The molecule has 0 aliphatic carbocycles. The molecule has 0 spiro atoms. The molecule has 22 heavy (non-hydrogen) atoms. The van der Waals surface area contributed by atoms with Crippen molar-refractivity contribution in [3.63, 3.8) is 0 Å². The molecule has 1 heterocycles. The maximum atomic E-state index is 12.1. The van der Waals surface area contributed by atoms with Gasteiger partial charge in [0, 0.05) is 12.1 Å². The summed E-state index contributed by atoms with van der Waals surface area (Å²) in [6, 6.07) is 14.9. The number of aromatic nitrogens is 2. The number of carbonyl (C=O) groups is 1. The zero-order chi connectivity index (χ0) is 15.4. The minimum Gasteiger partial charge on any atom is -0.349 e. The molecule has 3 rings (SSSR count). The Bertz CT molecular complexity index is 876. The highest BCUT2D eigenvalue weighted by atomic mass is 16.1. The van der Waals surface area contributed by atoms with Crippen molar-refractivity contribution in [1.82, 2.24) is 15.3 Å². The number of hydrogen-bond acceptors (Lipinski definition) is 2. The van der Waals surface area contributed by atoms with Crippen LogP contribution in [0.15, 0.2) is 59.4 Å². The molecule has 0 aliphatic rings. The van der Waals surface area contributed by atoms with Crippen molar-refractivity contribution in [3.8, 4) is 0 Å². The van der Waals surface area contributed by atoms with Gasteiger partial charge in [0.25, 0.3) is 5.91 Å². The summed E-state index contributed by atoms with van der Waals surface area (Å²) >= 11 is 0. The third kappa shape index (κ3) is 3.15. The normalized spacial score (nSPS) is 11.1. The number of H-pyrrole nitrogens is 2. The van der Waals surface area contributed by atoms with Crippen molar-refractivity contribution in [2.45, 2.75) is 0 Å². The molecule has 1 aromatic heterocycles. The van der Waals surface area contributed by atoms with E-state index < -0.39 is 0 Å². The molecular weight excluding hydrogens is 278 g/mol. The molecule has 0 aliphatic heterocycles. The number of nitrogens with one attached hydrogen (secondary N) is 3. The van der Waals surface area contributed by atoms with Crippen molar-refractivity contribution in [3.05, 3.63) is 76.2 Å². The predicted molar refractivity (Wildman–Crippen MR) is 86.7 cm³/mol. The van der Waals surface area contributed by atoms with E-state index in [1.807, 2.05) is 42.5 Å². The van der Waals surface area contributed by atoms with Crippen LogP contribution in [-0.4, -0.2) is 22.4 Å². The number of carbonyl (C=O) groups excluding carboxylic acids is 1. The minimum atomic E-state index is -0.279. The van der Waals surface area contributed by atoms with E-state index in [2.05, 4.69) is 15.3 Å². The highest BCUT2D eigenvalue weighted by Crippen LogP contribution is 2.10. The number of imidazole rings is 1. The molecular formula is C17H15N3O2. The molecule has 110 valence electrons. The lowest BCUT2D eigenvalue weighted by atomic mass is 10.2. The molecule has 0 fully saturated rings. The second-order valence-corrected chi connectivity index (χ2v) is 4.86. The first-order valence-corrected chi connectivity index (χ1v) is 6.94. The molecule has 5 heteroatoms. The molecule has 0 radical (unpaired) electrons. The molecule has 3 N–H and O–H groups in total. The number of aromatic amines is 2. The van der Waals surface area contributed by atoms with Crippen molar-refractivity contribution < 1.29 is 4.79 Å². The average Bonchev–Trinajstić information content (AvgIpc) is 2.91. The first-order valence-electron chi connectivity index (χ1n) is 6.94. The Kier molecular flexibility index (Phi) is 3.87. The Labute approximate surface area is 126 Å². The average molecular weight is 293 g/mol. The smallest absolute Gasteiger partial charge is 0.323 e. The number of rotatable bonds is 4. The second-order valence-electron chi connectivity index (χ2n) is 4.86. The third-order valence-corrected chi connectivity index (χ3v) is 3.27. The van der Waals surface area contributed by atoms with Gasteiger partial charge in [-0.05, 0) is 23.8 Å². The largest absolute Gasteiger partial charge is 0.349 e. The maximum absolute atomic E-state index is 12.1. The van der Waals surface area contributed by atoms with Gasteiger partial charge in [0.1, 0.15) is 0 Å². The molecule has 1 amide bonds. The SMILES string of the molecule is O=C(NC/C=C\c1ccccc1)c1ccc2[nH]c(=O)[nH]c2c1. The quantitative estimate of drug-likeness (QED) is 0.690. The van der Waals surface area contributed by atoms with Gasteiger partial charge in [-0.2, -0.15) is 0 Å². The first kappa shape index (κ1) is 13.9. The summed E-state index contributed by atoms with van der Waals surface area (Å²) < 4.78 is 0. The van der Waals surface area contributed by atoms with E-state index in [0.29, 0.717) is 23.1 Å². The fourth-order valence-corrected chi connectivity index (χ4v) is 2.19. The number of hydrogen-bond donors (Lipinski definition) is 3. The third-order valence-electron chi connectivity index (χ3n) is 3.27. The summed E-state index contributed by atoms with van der Waals surface area (Å²) in [6.07, 6.45) is 3.84. The number of benzene rings is 2. The monoisotopic (exact) mass is 293 g/mol. The Morgan fingerprint density at radius 1 is 1.05 bits per heavy atom. The first-order chi connectivity index (χ1) is 10.7. The van der Waals surface area contributed by atoms with E-state index in [4.69, 9.17) is 0 Å². The molecule has 0 saturated heterocycles. The predicted octanol–water partition coefficient (Wildman–Crippen LogP) is 2.30. The van der Waals surface area contributed by atoms with Gasteiger partial charge < -0.3 is 15.3 Å². The Morgan fingerprint density at radius 2 is 1.82 bits per heavy atom. The van der Waals surface area contributed by atoms with Gasteiger partial charge in [0.2, 0.25) is 0 Å². The molecule has 2 aromatic carbocycles. The summed E-state index contributed by atoms with van der Waals surface area (Å²) in [7, 11) is 0. The lowest BCUT2D eigenvalue weighted by molar-refractivity contribution is 0.0958. The van der Waals surface area contributed by atoms with E-state index in [0.717, 1.165) is 5.56 Å². The summed E-state index contributed by atoms with van der Waals surface area (Å²) in [5.41, 5.74) is 2.63.